The van der Waals surface area contributed by atoms with E-state index in [1.807, 2.05) is 25.1 Å². The second-order valence-corrected chi connectivity index (χ2v) is 5.37. The Kier molecular flexibility index (Phi) is 7.03. The Morgan fingerprint density at radius 3 is 2.58 bits per heavy atom. The number of benzene rings is 1. The summed E-state index contributed by atoms with van der Waals surface area (Å²) in [5, 5.41) is 13.0. The molecule has 1 amide bonds. The lowest BCUT2D eigenvalue weighted by atomic mass is 10.2. The molecule has 1 aromatic rings. The quantitative estimate of drug-likeness (QED) is 0.786. The van der Waals surface area contributed by atoms with Crippen LogP contribution >= 0.6 is 11.8 Å². The van der Waals surface area contributed by atoms with E-state index in [2.05, 4.69) is 5.32 Å². The third-order valence-corrected chi connectivity index (χ3v) is 3.82. The highest BCUT2D eigenvalue weighted by atomic mass is 32.2. The van der Waals surface area contributed by atoms with Crippen LogP contribution < -0.4 is 10.4 Å². The number of thioether (sulfide) groups is 1. The van der Waals surface area contributed by atoms with E-state index in [1.165, 1.54) is 0 Å². The molecule has 0 aliphatic rings. The normalized spacial score (nSPS) is 11.8. The third kappa shape index (κ3) is 6.29. The summed E-state index contributed by atoms with van der Waals surface area (Å²) in [7, 11) is 0. The number of aliphatic carboxylic acids is 1. The summed E-state index contributed by atoms with van der Waals surface area (Å²) in [4.78, 5) is 22.6. The summed E-state index contributed by atoms with van der Waals surface area (Å²) in [6.07, 6.45) is 2.30. The van der Waals surface area contributed by atoms with Gasteiger partial charge in [-0.1, -0.05) is 38.0 Å². The van der Waals surface area contributed by atoms with Crippen molar-refractivity contribution in [1.29, 1.82) is 0 Å². The third-order valence-electron chi connectivity index (χ3n) is 2.56. The molecule has 1 rings (SSSR count). The number of carboxylic acids is 1. The Balaban J connectivity index is 2.37. The van der Waals surface area contributed by atoms with E-state index < -0.39 is 11.2 Å². The summed E-state index contributed by atoms with van der Waals surface area (Å²) in [5.41, 5.74) is 0.714. The van der Waals surface area contributed by atoms with E-state index in [4.69, 9.17) is 0 Å². The highest BCUT2D eigenvalue weighted by molar-refractivity contribution is 8.01. The molecule has 0 fully saturated rings. The van der Waals surface area contributed by atoms with Crippen LogP contribution in [0.25, 0.3) is 0 Å². The first-order valence-corrected chi connectivity index (χ1v) is 7.35. The number of para-hydroxylation sites is 1. The number of nitrogens with one attached hydrogen (secondary N) is 1. The number of carbonyl (C=O) groups excluding carboxylic acids is 2. The molecule has 0 spiro atoms. The van der Waals surface area contributed by atoms with E-state index in [0.29, 0.717) is 12.1 Å². The fourth-order valence-electron chi connectivity index (χ4n) is 1.55. The molecule has 0 saturated heterocycles. The fraction of sp³-hybridized carbons (Fsp3) is 0.429. The lowest BCUT2D eigenvalue weighted by molar-refractivity contribution is -0.304. The van der Waals surface area contributed by atoms with Gasteiger partial charge < -0.3 is 15.2 Å². The maximum Gasteiger partial charge on any atom is 0.234 e. The van der Waals surface area contributed by atoms with E-state index in [0.717, 1.165) is 24.6 Å². The lowest BCUT2D eigenvalue weighted by Crippen LogP contribution is -2.34. The summed E-state index contributed by atoms with van der Waals surface area (Å²) < 4.78 is 0. The molecule has 0 heterocycles. The minimum Gasteiger partial charge on any atom is -0.549 e. The van der Waals surface area contributed by atoms with Gasteiger partial charge in [-0.15, -0.1) is 11.8 Å². The van der Waals surface area contributed by atoms with Crippen molar-refractivity contribution in [2.24, 2.45) is 0 Å². The molecule has 0 bridgehead atoms. The van der Waals surface area contributed by atoms with Crippen molar-refractivity contribution in [3.05, 3.63) is 30.3 Å². The van der Waals surface area contributed by atoms with Crippen LogP contribution in [0.4, 0.5) is 5.69 Å². The monoisotopic (exact) mass is 280 g/mol. The smallest absolute Gasteiger partial charge is 0.234 e. The van der Waals surface area contributed by atoms with Crippen LogP contribution in [0.5, 0.6) is 0 Å². The van der Waals surface area contributed by atoms with Gasteiger partial charge in [0.15, 0.2) is 0 Å². The summed E-state index contributed by atoms with van der Waals surface area (Å²) in [6, 6.07) is 9.09. The van der Waals surface area contributed by atoms with Gasteiger partial charge in [-0.3, -0.25) is 4.79 Å². The van der Waals surface area contributed by atoms with Gasteiger partial charge in [0.05, 0.1) is 11.7 Å². The predicted octanol–water partition coefficient (Wildman–Crippen LogP) is 1.67. The first-order valence-electron chi connectivity index (χ1n) is 6.31. The van der Waals surface area contributed by atoms with Crippen molar-refractivity contribution in [2.75, 3.05) is 11.1 Å². The average molecular weight is 280 g/mol. The molecule has 19 heavy (non-hydrogen) atoms. The van der Waals surface area contributed by atoms with Crippen molar-refractivity contribution in [3.8, 4) is 0 Å². The average Bonchev–Trinajstić information content (AvgIpc) is 2.39. The van der Waals surface area contributed by atoms with Crippen LogP contribution in [0.1, 0.15) is 26.2 Å². The Morgan fingerprint density at radius 2 is 2.00 bits per heavy atom. The van der Waals surface area contributed by atoms with Crippen LogP contribution in [0.15, 0.2) is 30.3 Å². The van der Waals surface area contributed by atoms with Gasteiger partial charge in [0, 0.05) is 10.9 Å². The Bertz CT molecular complexity index is 408. The van der Waals surface area contributed by atoms with Crippen LogP contribution in [0, 0.1) is 0 Å². The Morgan fingerprint density at radius 1 is 1.32 bits per heavy atom. The standard InChI is InChI=1S/C14H19NO3S/c1-2-3-9-12(14(17)18)19-10-13(16)15-11-7-5-4-6-8-11/h4-8,12H,2-3,9-10H2,1H3,(H,15,16)(H,17,18)/p-1/t12-/m0/s1. The number of rotatable bonds is 8. The summed E-state index contributed by atoms with van der Waals surface area (Å²) in [5.74, 6) is -1.16. The van der Waals surface area contributed by atoms with Gasteiger partial charge in [-0.2, -0.15) is 0 Å². The molecular formula is C14H18NO3S-. The van der Waals surface area contributed by atoms with Crippen molar-refractivity contribution < 1.29 is 14.7 Å². The maximum absolute atomic E-state index is 11.7. The van der Waals surface area contributed by atoms with E-state index >= 15 is 0 Å². The van der Waals surface area contributed by atoms with Crippen molar-refractivity contribution in [1.82, 2.24) is 0 Å². The van der Waals surface area contributed by atoms with Gasteiger partial charge in [-0.25, -0.2) is 0 Å². The van der Waals surface area contributed by atoms with Crippen LogP contribution in [-0.4, -0.2) is 22.9 Å². The zero-order valence-corrected chi connectivity index (χ0v) is 11.7. The number of carboxylic acid groups (broad SMARTS) is 1. The number of amides is 1. The Hall–Kier alpha value is -1.49. The van der Waals surface area contributed by atoms with Gasteiger partial charge in [0.25, 0.3) is 0 Å². The molecule has 4 nitrogen and oxygen atoms in total. The Labute approximate surface area is 117 Å². The molecule has 0 aromatic heterocycles. The molecule has 5 heteroatoms. The summed E-state index contributed by atoms with van der Waals surface area (Å²) >= 11 is 1.12. The molecule has 0 aliphatic carbocycles. The second-order valence-electron chi connectivity index (χ2n) is 4.18. The minimum atomic E-state index is -1.09. The molecule has 1 atom stereocenters. The molecule has 104 valence electrons. The highest BCUT2D eigenvalue weighted by Gasteiger charge is 2.12. The molecule has 0 radical (unpaired) electrons. The van der Waals surface area contributed by atoms with E-state index in [9.17, 15) is 14.7 Å². The largest absolute Gasteiger partial charge is 0.549 e. The lowest BCUT2D eigenvalue weighted by Gasteiger charge is -2.16. The molecule has 1 aromatic carbocycles. The number of carbonyl (C=O) groups is 2. The van der Waals surface area contributed by atoms with E-state index in [-0.39, 0.29) is 11.7 Å². The topological polar surface area (TPSA) is 69.2 Å². The van der Waals surface area contributed by atoms with Crippen molar-refractivity contribution in [2.45, 2.75) is 31.4 Å². The second kappa shape index (κ2) is 8.58. The number of anilines is 1. The maximum atomic E-state index is 11.7. The number of unbranched alkanes of at least 4 members (excludes halogenated alkanes) is 1. The van der Waals surface area contributed by atoms with Crippen LogP contribution in [-0.2, 0) is 9.59 Å². The van der Waals surface area contributed by atoms with E-state index in [1.54, 1.807) is 12.1 Å². The zero-order chi connectivity index (χ0) is 14.1. The molecule has 1 N–H and O–H groups in total. The zero-order valence-electron chi connectivity index (χ0n) is 10.9. The number of hydrogen-bond acceptors (Lipinski definition) is 4. The van der Waals surface area contributed by atoms with Gasteiger partial charge in [0.2, 0.25) is 5.91 Å². The molecule has 0 unspecified atom stereocenters. The van der Waals surface area contributed by atoms with Crippen LogP contribution in [0.2, 0.25) is 0 Å². The summed E-state index contributed by atoms with van der Waals surface area (Å²) in [6.45, 7) is 2.00. The van der Waals surface area contributed by atoms with Crippen molar-refractivity contribution >= 4 is 29.3 Å². The van der Waals surface area contributed by atoms with Gasteiger partial charge in [-0.05, 0) is 18.6 Å². The van der Waals surface area contributed by atoms with Crippen molar-refractivity contribution in [3.63, 3.8) is 0 Å². The first kappa shape index (κ1) is 15.6. The highest BCUT2D eigenvalue weighted by Crippen LogP contribution is 2.17. The van der Waals surface area contributed by atoms with Gasteiger partial charge >= 0.3 is 0 Å². The fourth-order valence-corrected chi connectivity index (χ4v) is 2.45. The predicted molar refractivity (Wildman–Crippen MR) is 75.8 cm³/mol. The molecular weight excluding hydrogens is 262 g/mol. The SMILES string of the molecule is CCCC[C@H](SCC(=O)Nc1ccccc1)C(=O)[O-]. The number of hydrogen-bond donors (Lipinski definition) is 1. The molecule has 0 saturated carbocycles. The molecule has 0 aliphatic heterocycles. The van der Waals surface area contributed by atoms with Crippen LogP contribution in [0.3, 0.4) is 0 Å². The minimum absolute atomic E-state index is 0.122. The van der Waals surface area contributed by atoms with Gasteiger partial charge in [0.1, 0.15) is 0 Å². The first-order chi connectivity index (χ1) is 9.13.